The van der Waals surface area contributed by atoms with Crippen molar-refractivity contribution in [3.8, 4) is 5.75 Å². The number of amides is 2. The molecule has 0 fully saturated rings. The van der Waals surface area contributed by atoms with Crippen LogP contribution >= 0.6 is 0 Å². The van der Waals surface area contributed by atoms with Gasteiger partial charge in [0.2, 0.25) is 21.8 Å². The maximum atomic E-state index is 13.5. The largest absolute Gasteiger partial charge is 0.495 e. The lowest BCUT2D eigenvalue weighted by Gasteiger charge is -2.31. The smallest absolute Gasteiger partial charge is 0.244 e. The average Bonchev–Trinajstić information content (AvgIpc) is 2.78. The van der Waals surface area contributed by atoms with E-state index < -0.39 is 28.5 Å². The molecular weight excluding hydrogens is 442 g/mol. The summed E-state index contributed by atoms with van der Waals surface area (Å²) in [6, 6.07) is 13.4. The van der Waals surface area contributed by atoms with Crippen LogP contribution in [0.5, 0.6) is 5.75 Å². The third-order valence-corrected chi connectivity index (χ3v) is 6.31. The van der Waals surface area contributed by atoms with Crippen LogP contribution in [-0.2, 0) is 26.2 Å². The van der Waals surface area contributed by atoms with Crippen molar-refractivity contribution in [2.75, 3.05) is 30.8 Å². The van der Waals surface area contributed by atoms with Gasteiger partial charge in [0, 0.05) is 13.1 Å². The van der Waals surface area contributed by atoms with Crippen molar-refractivity contribution in [2.24, 2.45) is 0 Å². The first-order valence-electron chi connectivity index (χ1n) is 10.8. The highest BCUT2D eigenvalue weighted by Gasteiger charge is 2.30. The summed E-state index contributed by atoms with van der Waals surface area (Å²) in [6.45, 7) is 5.73. The van der Waals surface area contributed by atoms with Crippen molar-refractivity contribution in [3.05, 3.63) is 59.7 Å². The van der Waals surface area contributed by atoms with Crippen molar-refractivity contribution < 1.29 is 22.7 Å². The first-order chi connectivity index (χ1) is 15.6. The molecule has 0 aliphatic heterocycles. The fourth-order valence-electron chi connectivity index (χ4n) is 3.42. The first-order valence-corrected chi connectivity index (χ1v) is 12.7. The number of sulfonamides is 1. The minimum atomic E-state index is -3.81. The fourth-order valence-corrected chi connectivity index (χ4v) is 4.27. The zero-order valence-corrected chi connectivity index (χ0v) is 20.7. The second-order valence-electron chi connectivity index (χ2n) is 7.92. The van der Waals surface area contributed by atoms with E-state index in [-0.39, 0.29) is 18.1 Å². The highest BCUT2D eigenvalue weighted by Crippen LogP contribution is 2.29. The van der Waals surface area contributed by atoms with Crippen LogP contribution < -0.4 is 14.4 Å². The number of anilines is 1. The number of para-hydroxylation sites is 2. The molecule has 2 aromatic rings. The molecule has 0 aromatic heterocycles. The second kappa shape index (κ2) is 11.7. The number of ether oxygens (including phenoxy) is 1. The van der Waals surface area contributed by atoms with Gasteiger partial charge in [0.15, 0.2) is 0 Å². The molecule has 1 N–H and O–H groups in total. The molecule has 2 rings (SSSR count). The van der Waals surface area contributed by atoms with E-state index in [9.17, 15) is 18.0 Å². The number of nitrogens with one attached hydrogen (secondary N) is 1. The highest BCUT2D eigenvalue weighted by molar-refractivity contribution is 7.92. The Kier molecular flexibility index (Phi) is 9.28. The van der Waals surface area contributed by atoms with Gasteiger partial charge in [0.25, 0.3) is 0 Å². The quantitative estimate of drug-likeness (QED) is 0.539. The van der Waals surface area contributed by atoms with E-state index in [4.69, 9.17) is 4.74 Å². The average molecular weight is 476 g/mol. The van der Waals surface area contributed by atoms with E-state index in [1.54, 1.807) is 31.2 Å². The Labute approximate surface area is 196 Å². The number of aryl methyl sites for hydroxylation is 1. The molecule has 0 spiro atoms. The molecule has 0 saturated carbocycles. The number of nitrogens with zero attached hydrogens (tertiary/aromatic N) is 2. The van der Waals surface area contributed by atoms with Crippen LogP contribution in [0.1, 0.15) is 31.4 Å². The van der Waals surface area contributed by atoms with E-state index in [1.807, 2.05) is 38.1 Å². The number of benzene rings is 2. The zero-order valence-electron chi connectivity index (χ0n) is 19.9. The van der Waals surface area contributed by atoms with Crippen LogP contribution in [0, 0.1) is 6.92 Å². The van der Waals surface area contributed by atoms with Crippen LogP contribution in [-0.4, -0.2) is 57.6 Å². The standard InChI is InChI=1S/C24H33N3O5S/c1-6-14-25-24(29)19(3)26(16-20-11-9-10-18(2)15-20)23(28)17-27(33(5,30)31)21-12-7-8-13-22(21)32-4/h7-13,15,19H,6,14,16-17H2,1-5H3,(H,25,29). The maximum absolute atomic E-state index is 13.5. The van der Waals surface area contributed by atoms with E-state index in [1.165, 1.54) is 12.0 Å². The molecule has 180 valence electrons. The Morgan fingerprint density at radius 3 is 2.42 bits per heavy atom. The minimum Gasteiger partial charge on any atom is -0.495 e. The monoisotopic (exact) mass is 475 g/mol. The molecule has 0 heterocycles. The maximum Gasteiger partial charge on any atom is 0.244 e. The molecular formula is C24H33N3O5S. The minimum absolute atomic E-state index is 0.171. The molecule has 2 aromatic carbocycles. The van der Waals surface area contributed by atoms with Crippen molar-refractivity contribution in [3.63, 3.8) is 0 Å². The molecule has 0 saturated heterocycles. The summed E-state index contributed by atoms with van der Waals surface area (Å²) in [5, 5.41) is 2.81. The van der Waals surface area contributed by atoms with Gasteiger partial charge in [-0.15, -0.1) is 0 Å². The summed E-state index contributed by atoms with van der Waals surface area (Å²) in [6.07, 6.45) is 1.80. The van der Waals surface area contributed by atoms with Crippen molar-refractivity contribution in [2.45, 2.75) is 39.8 Å². The number of hydrogen-bond acceptors (Lipinski definition) is 5. The summed E-state index contributed by atoms with van der Waals surface area (Å²) in [7, 11) is -2.38. The predicted octanol–water partition coefficient (Wildman–Crippen LogP) is 2.71. The van der Waals surface area contributed by atoms with E-state index >= 15 is 0 Å². The van der Waals surface area contributed by atoms with Crippen LogP contribution in [0.3, 0.4) is 0 Å². The number of carbonyl (C=O) groups is 2. The number of rotatable bonds is 11. The van der Waals surface area contributed by atoms with Crippen molar-refractivity contribution in [1.82, 2.24) is 10.2 Å². The molecule has 0 radical (unpaired) electrons. The lowest BCUT2D eigenvalue weighted by molar-refractivity contribution is -0.139. The predicted molar refractivity (Wildman–Crippen MR) is 130 cm³/mol. The van der Waals surface area contributed by atoms with Gasteiger partial charge < -0.3 is 15.0 Å². The van der Waals surface area contributed by atoms with Crippen molar-refractivity contribution >= 4 is 27.5 Å². The molecule has 1 unspecified atom stereocenters. The van der Waals surface area contributed by atoms with Gasteiger partial charge in [-0.25, -0.2) is 8.42 Å². The second-order valence-corrected chi connectivity index (χ2v) is 9.83. The molecule has 0 aliphatic carbocycles. The van der Waals surface area contributed by atoms with Crippen LogP contribution in [0.15, 0.2) is 48.5 Å². The third-order valence-electron chi connectivity index (χ3n) is 5.18. The van der Waals surface area contributed by atoms with E-state index in [2.05, 4.69) is 5.32 Å². The van der Waals surface area contributed by atoms with Gasteiger partial charge in [0.1, 0.15) is 18.3 Å². The van der Waals surface area contributed by atoms with Gasteiger partial charge in [0.05, 0.1) is 19.1 Å². The number of methoxy groups -OCH3 is 1. The summed E-state index contributed by atoms with van der Waals surface area (Å²) in [4.78, 5) is 27.6. The van der Waals surface area contributed by atoms with E-state index in [0.29, 0.717) is 12.3 Å². The molecule has 33 heavy (non-hydrogen) atoms. The Morgan fingerprint density at radius 1 is 1.12 bits per heavy atom. The topological polar surface area (TPSA) is 96.0 Å². The SMILES string of the molecule is CCCNC(=O)C(C)N(Cc1cccc(C)c1)C(=O)CN(c1ccccc1OC)S(C)(=O)=O. The fraction of sp³-hybridized carbons (Fsp3) is 0.417. The van der Waals surface area contributed by atoms with Crippen LogP contribution in [0.25, 0.3) is 0 Å². The highest BCUT2D eigenvalue weighted by atomic mass is 32.2. The molecule has 8 nitrogen and oxygen atoms in total. The summed E-state index contributed by atoms with van der Waals surface area (Å²) >= 11 is 0. The van der Waals surface area contributed by atoms with Crippen LogP contribution in [0.2, 0.25) is 0 Å². The molecule has 9 heteroatoms. The Balaban J connectivity index is 2.41. The Bertz CT molecular complexity index is 1070. The Hall–Kier alpha value is -3.07. The number of hydrogen-bond donors (Lipinski definition) is 1. The summed E-state index contributed by atoms with van der Waals surface area (Å²) in [5.41, 5.74) is 2.13. The molecule has 0 bridgehead atoms. The normalized spacial score (nSPS) is 12.0. The van der Waals surface area contributed by atoms with Crippen molar-refractivity contribution in [1.29, 1.82) is 0 Å². The van der Waals surface area contributed by atoms with Gasteiger partial charge >= 0.3 is 0 Å². The first kappa shape index (κ1) is 26.2. The summed E-state index contributed by atoms with van der Waals surface area (Å²) < 4.78 is 31.6. The van der Waals surface area contributed by atoms with Gasteiger partial charge in [-0.3, -0.25) is 13.9 Å². The Morgan fingerprint density at radius 2 is 1.82 bits per heavy atom. The van der Waals surface area contributed by atoms with Gasteiger partial charge in [-0.05, 0) is 38.0 Å². The van der Waals surface area contributed by atoms with Gasteiger partial charge in [-0.1, -0.05) is 48.9 Å². The lowest BCUT2D eigenvalue weighted by Crippen LogP contribution is -2.51. The zero-order chi connectivity index (χ0) is 24.6. The summed E-state index contributed by atoms with van der Waals surface area (Å²) in [5.74, 6) is -0.456. The molecule has 1 atom stereocenters. The van der Waals surface area contributed by atoms with Crippen LogP contribution in [0.4, 0.5) is 5.69 Å². The lowest BCUT2D eigenvalue weighted by atomic mass is 10.1. The molecule has 0 aliphatic rings. The number of carbonyl (C=O) groups excluding carboxylic acids is 2. The van der Waals surface area contributed by atoms with E-state index in [0.717, 1.165) is 28.1 Å². The van der Waals surface area contributed by atoms with Gasteiger partial charge in [-0.2, -0.15) is 0 Å². The molecule has 2 amide bonds. The third kappa shape index (κ3) is 7.21.